The van der Waals surface area contributed by atoms with E-state index in [0.29, 0.717) is 47.5 Å². The number of halogens is 3. The fourth-order valence-corrected chi connectivity index (χ4v) is 4.81. The summed E-state index contributed by atoms with van der Waals surface area (Å²) in [6.07, 6.45) is -1.23. The molecule has 0 radical (unpaired) electrons. The summed E-state index contributed by atoms with van der Waals surface area (Å²) in [6, 6.07) is 12.2. The first-order valence-electron chi connectivity index (χ1n) is 13.9. The van der Waals surface area contributed by atoms with E-state index < -0.39 is 17.6 Å². The zero-order valence-corrected chi connectivity index (χ0v) is 24.0. The van der Waals surface area contributed by atoms with Crippen molar-refractivity contribution in [1.29, 1.82) is 0 Å². The summed E-state index contributed by atoms with van der Waals surface area (Å²) < 4.78 is 48.3. The van der Waals surface area contributed by atoms with Crippen LogP contribution >= 0.6 is 0 Å². The van der Waals surface area contributed by atoms with Crippen molar-refractivity contribution in [2.24, 2.45) is 0 Å². The molecule has 3 heterocycles. The molecule has 1 atom stereocenters. The first kappa shape index (κ1) is 30.0. The van der Waals surface area contributed by atoms with Gasteiger partial charge in [-0.2, -0.15) is 23.0 Å². The van der Waals surface area contributed by atoms with Gasteiger partial charge in [-0.25, -0.2) is 9.97 Å². The lowest BCUT2D eigenvalue weighted by Crippen LogP contribution is -2.26. The van der Waals surface area contributed by atoms with Crippen molar-refractivity contribution in [3.05, 3.63) is 82.8 Å². The smallest absolute Gasteiger partial charge is 0.377 e. The Morgan fingerprint density at radius 2 is 1.93 bits per heavy atom. The van der Waals surface area contributed by atoms with E-state index in [1.807, 2.05) is 26.0 Å². The fourth-order valence-electron chi connectivity index (χ4n) is 4.81. The summed E-state index contributed by atoms with van der Waals surface area (Å²) in [4.78, 5) is 21.7. The lowest BCUT2D eigenvalue weighted by molar-refractivity contribution is -0.137. The summed E-state index contributed by atoms with van der Waals surface area (Å²) in [5.41, 5.74) is 2.10. The van der Waals surface area contributed by atoms with Gasteiger partial charge >= 0.3 is 6.18 Å². The highest BCUT2D eigenvalue weighted by Crippen LogP contribution is 2.32. The highest BCUT2D eigenvalue weighted by Gasteiger charge is 2.32. The van der Waals surface area contributed by atoms with Gasteiger partial charge in [-0.1, -0.05) is 6.07 Å². The molecule has 2 aromatic carbocycles. The zero-order chi connectivity index (χ0) is 30.6. The van der Waals surface area contributed by atoms with Gasteiger partial charge in [-0.15, -0.1) is 0 Å². The maximum absolute atomic E-state index is 13.7. The average Bonchev–Trinajstić information content (AvgIpc) is 3.63. The van der Waals surface area contributed by atoms with Gasteiger partial charge in [0.15, 0.2) is 5.82 Å². The number of hydrogen-bond donors (Lipinski definition) is 4. The van der Waals surface area contributed by atoms with E-state index >= 15 is 0 Å². The Kier molecular flexibility index (Phi) is 8.92. The van der Waals surface area contributed by atoms with Crippen LogP contribution in [-0.2, 0) is 17.5 Å². The molecule has 0 spiro atoms. The van der Waals surface area contributed by atoms with Gasteiger partial charge in [0.1, 0.15) is 18.0 Å². The van der Waals surface area contributed by atoms with E-state index in [1.165, 1.54) is 12.4 Å². The van der Waals surface area contributed by atoms with Crippen LogP contribution in [0.2, 0.25) is 0 Å². The number of rotatable bonds is 10. The minimum atomic E-state index is -4.60. The molecule has 226 valence electrons. The molecule has 13 heteroatoms. The third kappa shape index (κ3) is 7.48. The number of ether oxygens (including phenoxy) is 1. The summed E-state index contributed by atoms with van der Waals surface area (Å²) in [5, 5.41) is 16.7. The Morgan fingerprint density at radius 3 is 2.67 bits per heavy atom. The lowest BCUT2D eigenvalue weighted by atomic mass is 10.0. The first-order valence-corrected chi connectivity index (χ1v) is 13.9. The maximum Gasteiger partial charge on any atom is 0.416 e. The first-order chi connectivity index (χ1) is 20.6. The van der Waals surface area contributed by atoms with Crippen LogP contribution in [0.15, 0.2) is 54.9 Å². The topological polar surface area (TPSA) is 118 Å². The van der Waals surface area contributed by atoms with Crippen molar-refractivity contribution in [3.63, 3.8) is 0 Å². The summed E-state index contributed by atoms with van der Waals surface area (Å²) in [7, 11) is 1.76. The number of nitrogens with zero attached hydrogens (tertiary/aromatic N) is 4. The van der Waals surface area contributed by atoms with Gasteiger partial charge in [0.25, 0.3) is 5.91 Å². The van der Waals surface area contributed by atoms with Crippen LogP contribution in [0.25, 0.3) is 5.82 Å². The third-order valence-corrected chi connectivity index (χ3v) is 7.02. The van der Waals surface area contributed by atoms with Crippen LogP contribution in [0, 0.1) is 13.8 Å². The van der Waals surface area contributed by atoms with Crippen molar-refractivity contribution in [2.75, 3.05) is 36.1 Å². The van der Waals surface area contributed by atoms with Crippen molar-refractivity contribution in [1.82, 2.24) is 25.1 Å². The van der Waals surface area contributed by atoms with Crippen LogP contribution in [0.4, 0.5) is 36.2 Å². The van der Waals surface area contributed by atoms with E-state index in [9.17, 15) is 18.0 Å². The van der Waals surface area contributed by atoms with Crippen LogP contribution in [0.3, 0.4) is 0 Å². The van der Waals surface area contributed by atoms with Crippen LogP contribution in [0.1, 0.15) is 45.6 Å². The van der Waals surface area contributed by atoms with Crippen molar-refractivity contribution >= 4 is 28.9 Å². The van der Waals surface area contributed by atoms with E-state index in [4.69, 9.17) is 4.74 Å². The molecule has 1 aliphatic heterocycles. The molecule has 4 N–H and O–H groups in total. The van der Waals surface area contributed by atoms with E-state index in [2.05, 4.69) is 36.3 Å². The monoisotopic (exact) mass is 594 g/mol. The molecule has 10 nitrogen and oxygen atoms in total. The van der Waals surface area contributed by atoms with Gasteiger partial charge in [0.05, 0.1) is 17.4 Å². The van der Waals surface area contributed by atoms with Gasteiger partial charge in [-0.3, -0.25) is 4.79 Å². The van der Waals surface area contributed by atoms with Crippen LogP contribution in [0.5, 0.6) is 0 Å². The van der Waals surface area contributed by atoms with Gasteiger partial charge in [0.2, 0.25) is 0 Å². The summed E-state index contributed by atoms with van der Waals surface area (Å²) in [6.45, 7) is 5.15. The second-order valence-electron chi connectivity index (χ2n) is 10.4. The maximum atomic E-state index is 13.7. The number of alkyl halides is 3. The molecule has 1 fully saturated rings. The van der Waals surface area contributed by atoms with E-state index in [0.717, 1.165) is 36.2 Å². The molecule has 4 aromatic rings. The number of anilines is 4. The predicted molar refractivity (Wildman–Crippen MR) is 158 cm³/mol. The quantitative estimate of drug-likeness (QED) is 0.187. The molecule has 1 amide bonds. The van der Waals surface area contributed by atoms with Crippen molar-refractivity contribution in [3.8, 4) is 5.82 Å². The number of amides is 1. The minimum absolute atomic E-state index is 0.0484. The number of carbonyl (C=O) groups is 1. The van der Waals surface area contributed by atoms with Crippen LogP contribution in [-0.4, -0.2) is 52.0 Å². The fraction of sp³-hybridized carbons (Fsp3) is 0.333. The van der Waals surface area contributed by atoms with E-state index in [1.54, 1.807) is 29.9 Å². The molecule has 1 saturated heterocycles. The molecule has 5 rings (SSSR count). The molecule has 43 heavy (non-hydrogen) atoms. The molecule has 1 aliphatic rings. The van der Waals surface area contributed by atoms with Gasteiger partial charge in [-0.05, 0) is 68.1 Å². The Balaban J connectivity index is 1.35. The number of hydrogen-bond acceptors (Lipinski definition) is 8. The molecule has 0 bridgehead atoms. The Morgan fingerprint density at radius 1 is 1.09 bits per heavy atom. The molecule has 0 unspecified atom stereocenters. The minimum Gasteiger partial charge on any atom is -0.377 e. The Labute approximate surface area is 247 Å². The summed E-state index contributed by atoms with van der Waals surface area (Å²) in [5.74, 6) is 1.15. The zero-order valence-electron chi connectivity index (χ0n) is 24.0. The number of aryl methyl sites for hydroxylation is 2. The molecule has 0 aliphatic carbocycles. The highest BCUT2D eigenvalue weighted by molar-refractivity contribution is 6.04. The standard InChI is InChI=1S/C30H33F3N8O2/c1-18-6-7-23(13-25(18)39-28-9-19(2)40-41(28)27-14-26(34-3)36-17-37-27)38-29(42)21-10-20(11-22(12-21)30(31,32)33)15-35-16-24-5-4-8-43-24/h6-7,9-14,17,24,35,39H,4-5,8,15-16H2,1-3H3,(H,38,42)(H,34,36,37)/t24-/m0/s1. The average molecular weight is 595 g/mol. The second kappa shape index (κ2) is 12.8. The summed E-state index contributed by atoms with van der Waals surface area (Å²) >= 11 is 0. The van der Waals surface area contributed by atoms with Gasteiger partial charge in [0, 0.05) is 55.8 Å². The lowest BCUT2D eigenvalue weighted by Gasteiger charge is -2.15. The second-order valence-corrected chi connectivity index (χ2v) is 10.4. The SMILES string of the molecule is CNc1cc(-n2nc(C)cc2Nc2cc(NC(=O)c3cc(CNC[C@@H]4CCCO4)cc(C(F)(F)F)c3)ccc2C)ncn1. The Hall–Kier alpha value is -4.49. The van der Waals surface area contributed by atoms with Crippen molar-refractivity contribution in [2.45, 2.75) is 45.5 Å². The molecular weight excluding hydrogens is 561 g/mol. The van der Waals surface area contributed by atoms with Crippen LogP contribution < -0.4 is 21.3 Å². The molecular formula is C30H33F3N8O2. The normalized spacial score (nSPS) is 15.0. The largest absolute Gasteiger partial charge is 0.416 e. The number of aromatic nitrogens is 4. The molecule has 0 saturated carbocycles. The van der Waals surface area contributed by atoms with Gasteiger partial charge < -0.3 is 26.0 Å². The van der Waals surface area contributed by atoms with E-state index in [-0.39, 0.29) is 18.2 Å². The predicted octanol–water partition coefficient (Wildman–Crippen LogP) is 5.60. The Bertz CT molecular complexity index is 1600. The highest BCUT2D eigenvalue weighted by atomic mass is 19.4. The number of carbonyl (C=O) groups excluding carboxylic acids is 1. The van der Waals surface area contributed by atoms with Crippen molar-refractivity contribution < 1.29 is 22.7 Å². The third-order valence-electron chi connectivity index (χ3n) is 7.02. The number of benzene rings is 2. The molecule has 2 aromatic heterocycles. The number of nitrogens with one attached hydrogen (secondary N) is 4.